The van der Waals surface area contributed by atoms with Gasteiger partial charge < -0.3 is 14.0 Å². The van der Waals surface area contributed by atoms with Gasteiger partial charge in [-0.25, -0.2) is 15.0 Å². The minimum Gasteiger partial charge on any atom is -0.457 e. The van der Waals surface area contributed by atoms with Crippen molar-refractivity contribution in [2.75, 3.05) is 0 Å². The molecule has 6 nitrogen and oxygen atoms in total. The molecule has 1 fully saturated rings. The summed E-state index contributed by atoms with van der Waals surface area (Å²) in [5.74, 6) is 3.43. The van der Waals surface area contributed by atoms with Gasteiger partial charge in [-0.05, 0) is 68.6 Å². The molecule has 7 rings (SSSR count). The first-order valence-corrected chi connectivity index (χ1v) is 15.5. The fourth-order valence-corrected chi connectivity index (χ4v) is 5.27. The van der Waals surface area contributed by atoms with E-state index in [-0.39, 0.29) is 11.2 Å². The standard InChI is InChI=1S/C39H34BN3O3/c1-38(2)39(3,4)46-40(45-38)32-21-25-34(26-22-32)44-33-23-19-28(20-24-33)27-15-17-31(18-16-27)37-42-35(29-11-7-5-8-12-29)41-36(43-37)30-13-9-6-10-14-30/h5-26H,1-4H3. The molecule has 0 radical (unpaired) electrons. The Hall–Kier alpha value is -5.11. The van der Waals surface area contributed by atoms with Gasteiger partial charge in [-0.3, -0.25) is 0 Å². The number of aromatic nitrogens is 3. The van der Waals surface area contributed by atoms with Crippen molar-refractivity contribution in [2.45, 2.75) is 38.9 Å². The number of nitrogens with zero attached hydrogens (tertiary/aromatic N) is 3. The first-order chi connectivity index (χ1) is 22.2. The normalized spacial score (nSPS) is 15.1. The number of hydrogen-bond acceptors (Lipinski definition) is 6. The molecule has 7 heteroatoms. The summed E-state index contributed by atoms with van der Waals surface area (Å²) < 4.78 is 18.5. The molecule has 0 aliphatic carbocycles. The highest BCUT2D eigenvalue weighted by atomic mass is 16.7. The number of benzene rings is 5. The Morgan fingerprint density at radius 3 is 1.22 bits per heavy atom. The van der Waals surface area contributed by atoms with Crippen LogP contribution in [0.5, 0.6) is 11.5 Å². The molecule has 1 aliphatic heterocycles. The monoisotopic (exact) mass is 603 g/mol. The van der Waals surface area contributed by atoms with Crippen molar-refractivity contribution in [1.82, 2.24) is 15.0 Å². The van der Waals surface area contributed by atoms with Crippen molar-refractivity contribution in [2.24, 2.45) is 0 Å². The van der Waals surface area contributed by atoms with E-state index in [0.717, 1.165) is 44.8 Å². The Kier molecular flexibility index (Phi) is 7.73. The van der Waals surface area contributed by atoms with Crippen LogP contribution in [0.4, 0.5) is 0 Å². The van der Waals surface area contributed by atoms with Gasteiger partial charge in [0.1, 0.15) is 11.5 Å². The summed E-state index contributed by atoms with van der Waals surface area (Å²) in [6.45, 7) is 8.23. The van der Waals surface area contributed by atoms with Crippen LogP contribution in [0.3, 0.4) is 0 Å². The molecule has 0 unspecified atom stereocenters. The lowest BCUT2D eigenvalue weighted by atomic mass is 9.79. The second kappa shape index (κ2) is 12.0. The van der Waals surface area contributed by atoms with Crippen molar-refractivity contribution in [3.63, 3.8) is 0 Å². The predicted octanol–water partition coefficient (Wildman–Crippen LogP) is 8.63. The molecule has 1 aromatic heterocycles. The molecular formula is C39H34BN3O3. The summed E-state index contributed by atoms with van der Waals surface area (Å²) in [5, 5.41) is 0. The largest absolute Gasteiger partial charge is 0.494 e. The van der Waals surface area contributed by atoms with Gasteiger partial charge in [0.05, 0.1) is 11.2 Å². The minimum absolute atomic E-state index is 0.375. The van der Waals surface area contributed by atoms with Crippen molar-refractivity contribution in [1.29, 1.82) is 0 Å². The zero-order valence-electron chi connectivity index (χ0n) is 26.3. The van der Waals surface area contributed by atoms with Gasteiger partial charge in [0.25, 0.3) is 0 Å². The van der Waals surface area contributed by atoms with Crippen molar-refractivity contribution >= 4 is 12.6 Å². The van der Waals surface area contributed by atoms with Gasteiger partial charge in [-0.2, -0.15) is 0 Å². The Labute approximate surface area is 270 Å². The van der Waals surface area contributed by atoms with Crippen LogP contribution in [-0.4, -0.2) is 33.3 Å². The van der Waals surface area contributed by atoms with E-state index in [0.29, 0.717) is 17.5 Å². The van der Waals surface area contributed by atoms with Crippen LogP contribution >= 0.6 is 0 Å². The molecule has 46 heavy (non-hydrogen) atoms. The Morgan fingerprint density at radius 2 is 0.783 bits per heavy atom. The molecule has 0 bridgehead atoms. The fourth-order valence-electron chi connectivity index (χ4n) is 5.27. The van der Waals surface area contributed by atoms with Crippen molar-refractivity contribution in [3.05, 3.63) is 133 Å². The van der Waals surface area contributed by atoms with Crippen LogP contribution in [0, 0.1) is 0 Å². The van der Waals surface area contributed by atoms with E-state index in [1.165, 1.54) is 0 Å². The molecule has 6 aromatic rings. The molecule has 5 aromatic carbocycles. The highest BCUT2D eigenvalue weighted by Gasteiger charge is 2.51. The van der Waals surface area contributed by atoms with Gasteiger partial charge in [0.2, 0.25) is 0 Å². The van der Waals surface area contributed by atoms with Gasteiger partial charge in [-0.1, -0.05) is 109 Å². The summed E-state index contributed by atoms with van der Waals surface area (Å²) in [7, 11) is -0.397. The Balaban J connectivity index is 1.07. The third-order valence-electron chi connectivity index (χ3n) is 8.67. The van der Waals surface area contributed by atoms with Crippen molar-refractivity contribution < 1.29 is 14.0 Å². The third kappa shape index (κ3) is 6.07. The van der Waals surface area contributed by atoms with E-state index >= 15 is 0 Å². The maximum Gasteiger partial charge on any atom is 0.494 e. The summed E-state index contributed by atoms with van der Waals surface area (Å²) in [6.07, 6.45) is 0. The summed E-state index contributed by atoms with van der Waals surface area (Å²) in [6, 6.07) is 44.3. The SMILES string of the molecule is CC1(C)OB(c2ccc(Oc3ccc(-c4ccc(-c5nc(-c6ccccc6)nc(-c6ccccc6)n5)cc4)cc3)cc2)OC1(C)C. The molecule has 0 N–H and O–H groups in total. The predicted molar refractivity (Wildman–Crippen MR) is 184 cm³/mol. The lowest BCUT2D eigenvalue weighted by Crippen LogP contribution is -2.41. The quantitative estimate of drug-likeness (QED) is 0.170. The summed E-state index contributed by atoms with van der Waals surface area (Å²) in [5.41, 5.74) is 5.20. The molecule has 1 saturated heterocycles. The van der Waals surface area contributed by atoms with Gasteiger partial charge in [0.15, 0.2) is 17.5 Å². The smallest absolute Gasteiger partial charge is 0.457 e. The molecule has 1 aliphatic rings. The molecular weight excluding hydrogens is 569 g/mol. The summed E-state index contributed by atoms with van der Waals surface area (Å²) in [4.78, 5) is 14.5. The van der Waals surface area contributed by atoms with Crippen LogP contribution in [0.15, 0.2) is 133 Å². The van der Waals surface area contributed by atoms with Crippen LogP contribution < -0.4 is 10.2 Å². The molecule has 0 saturated carbocycles. The lowest BCUT2D eigenvalue weighted by Gasteiger charge is -2.32. The first-order valence-electron chi connectivity index (χ1n) is 15.5. The average Bonchev–Trinajstić information content (AvgIpc) is 3.32. The molecule has 0 spiro atoms. The maximum absolute atomic E-state index is 6.17. The fraction of sp³-hybridized carbons (Fsp3) is 0.154. The number of ether oxygens (including phenoxy) is 1. The number of rotatable bonds is 7. The van der Waals surface area contributed by atoms with E-state index in [1.807, 2.05) is 97.1 Å². The molecule has 226 valence electrons. The van der Waals surface area contributed by atoms with Crippen LogP contribution in [-0.2, 0) is 9.31 Å². The highest BCUT2D eigenvalue weighted by Crippen LogP contribution is 2.37. The van der Waals surface area contributed by atoms with Crippen molar-refractivity contribution in [3.8, 4) is 56.8 Å². The van der Waals surface area contributed by atoms with E-state index in [1.54, 1.807) is 0 Å². The second-order valence-corrected chi connectivity index (χ2v) is 12.4. The van der Waals surface area contributed by atoms with Crippen LogP contribution in [0.1, 0.15) is 27.7 Å². The molecule has 0 amide bonds. The highest BCUT2D eigenvalue weighted by molar-refractivity contribution is 6.62. The Bertz CT molecular complexity index is 1870. The van der Waals surface area contributed by atoms with E-state index in [4.69, 9.17) is 29.0 Å². The van der Waals surface area contributed by atoms with E-state index in [9.17, 15) is 0 Å². The third-order valence-corrected chi connectivity index (χ3v) is 8.67. The lowest BCUT2D eigenvalue weighted by molar-refractivity contribution is 0.00578. The molecule has 0 atom stereocenters. The van der Waals surface area contributed by atoms with E-state index < -0.39 is 7.12 Å². The van der Waals surface area contributed by atoms with Gasteiger partial charge in [0, 0.05) is 16.7 Å². The number of hydrogen-bond donors (Lipinski definition) is 0. The van der Waals surface area contributed by atoms with Gasteiger partial charge in [-0.15, -0.1) is 0 Å². The second-order valence-electron chi connectivity index (χ2n) is 12.4. The maximum atomic E-state index is 6.17. The average molecular weight is 604 g/mol. The topological polar surface area (TPSA) is 66.4 Å². The van der Waals surface area contributed by atoms with Crippen LogP contribution in [0.2, 0.25) is 0 Å². The van der Waals surface area contributed by atoms with Crippen LogP contribution in [0.25, 0.3) is 45.3 Å². The molecule has 2 heterocycles. The van der Waals surface area contributed by atoms with E-state index in [2.05, 4.69) is 64.1 Å². The zero-order valence-corrected chi connectivity index (χ0v) is 26.3. The Morgan fingerprint density at radius 1 is 0.435 bits per heavy atom. The first kappa shape index (κ1) is 29.6. The summed E-state index contributed by atoms with van der Waals surface area (Å²) >= 11 is 0. The zero-order chi connectivity index (χ0) is 31.7. The van der Waals surface area contributed by atoms with Gasteiger partial charge >= 0.3 is 7.12 Å². The minimum atomic E-state index is -0.397.